The van der Waals surface area contributed by atoms with Crippen LogP contribution in [0, 0.1) is 17.3 Å². The van der Waals surface area contributed by atoms with Gasteiger partial charge in [0, 0.05) is 6.42 Å². The van der Waals surface area contributed by atoms with Crippen molar-refractivity contribution in [3.8, 4) is 0 Å². The Hall–Kier alpha value is -0.890. The maximum atomic E-state index is 11.7. The van der Waals surface area contributed by atoms with E-state index in [2.05, 4.69) is 13.8 Å². The number of aliphatic hydroxyl groups is 1. The van der Waals surface area contributed by atoms with Crippen molar-refractivity contribution in [1.29, 1.82) is 0 Å². The van der Waals surface area contributed by atoms with Crippen molar-refractivity contribution >= 4 is 5.78 Å². The standard InChI is InChI=1S/C19H26O2/c1-18-9-7-15-14-6-4-13(20)11-12(14)3-5-16(15)17(18)8-10-19(18,2)21/h11,16-17,21H,3-10H2,1-2H3/t16-,17+,18+,19-/m1/s1. The van der Waals surface area contributed by atoms with Gasteiger partial charge in [-0.3, -0.25) is 4.79 Å². The van der Waals surface area contributed by atoms with Crippen LogP contribution in [0.2, 0.25) is 0 Å². The third-order valence-corrected chi connectivity index (χ3v) is 7.29. The smallest absolute Gasteiger partial charge is 0.156 e. The van der Waals surface area contributed by atoms with Crippen LogP contribution >= 0.6 is 0 Å². The molecule has 0 unspecified atom stereocenters. The zero-order valence-corrected chi connectivity index (χ0v) is 13.2. The molecule has 0 bridgehead atoms. The number of rotatable bonds is 0. The first-order valence-electron chi connectivity index (χ1n) is 8.60. The fourth-order valence-corrected chi connectivity index (χ4v) is 5.78. The topological polar surface area (TPSA) is 37.3 Å². The SMILES string of the molecule is C[C@]12CCC3=C4CCC(=O)C=C4CC[C@H]3[C@@H]1CC[C@@]2(C)O. The van der Waals surface area contributed by atoms with Gasteiger partial charge in [-0.15, -0.1) is 0 Å². The number of allylic oxidation sites excluding steroid dienone is 4. The molecule has 2 fully saturated rings. The lowest BCUT2D eigenvalue weighted by Gasteiger charge is -2.51. The van der Waals surface area contributed by atoms with Crippen LogP contribution in [0.1, 0.15) is 65.2 Å². The summed E-state index contributed by atoms with van der Waals surface area (Å²) in [6.07, 6.45) is 10.2. The lowest BCUT2D eigenvalue weighted by atomic mass is 9.55. The van der Waals surface area contributed by atoms with Gasteiger partial charge in [0.1, 0.15) is 0 Å². The summed E-state index contributed by atoms with van der Waals surface area (Å²) in [5.74, 6) is 1.62. The van der Waals surface area contributed by atoms with Crippen molar-refractivity contribution < 1.29 is 9.90 Å². The quantitative estimate of drug-likeness (QED) is 0.732. The number of carbonyl (C=O) groups is 1. The van der Waals surface area contributed by atoms with Gasteiger partial charge >= 0.3 is 0 Å². The van der Waals surface area contributed by atoms with Gasteiger partial charge in [0.2, 0.25) is 0 Å². The number of hydrogen-bond acceptors (Lipinski definition) is 2. The van der Waals surface area contributed by atoms with E-state index >= 15 is 0 Å². The Morgan fingerprint density at radius 1 is 1.10 bits per heavy atom. The normalized spacial score (nSPS) is 45.9. The Labute approximate surface area is 127 Å². The Morgan fingerprint density at radius 2 is 1.90 bits per heavy atom. The second kappa shape index (κ2) is 4.32. The number of hydrogen-bond donors (Lipinski definition) is 1. The summed E-state index contributed by atoms with van der Waals surface area (Å²) in [5.41, 5.74) is 4.12. The summed E-state index contributed by atoms with van der Waals surface area (Å²) in [4.78, 5) is 11.7. The first kappa shape index (κ1) is 13.8. The molecule has 21 heavy (non-hydrogen) atoms. The van der Waals surface area contributed by atoms with Crippen LogP contribution in [-0.4, -0.2) is 16.5 Å². The first-order chi connectivity index (χ1) is 9.92. The van der Waals surface area contributed by atoms with Crippen LogP contribution in [0.5, 0.6) is 0 Å². The van der Waals surface area contributed by atoms with Crippen molar-refractivity contribution in [2.45, 2.75) is 70.8 Å². The van der Waals surface area contributed by atoms with Crippen molar-refractivity contribution in [3.05, 3.63) is 22.8 Å². The predicted molar refractivity (Wildman–Crippen MR) is 82.8 cm³/mol. The maximum absolute atomic E-state index is 11.7. The lowest BCUT2D eigenvalue weighted by Crippen LogP contribution is -2.48. The van der Waals surface area contributed by atoms with E-state index in [4.69, 9.17) is 0 Å². The van der Waals surface area contributed by atoms with Crippen LogP contribution in [0.4, 0.5) is 0 Å². The van der Waals surface area contributed by atoms with Crippen LogP contribution in [0.3, 0.4) is 0 Å². The van der Waals surface area contributed by atoms with Gasteiger partial charge in [-0.1, -0.05) is 12.5 Å². The van der Waals surface area contributed by atoms with E-state index in [1.54, 1.807) is 5.57 Å². The minimum absolute atomic E-state index is 0.0907. The average Bonchev–Trinajstić information content (AvgIpc) is 2.69. The molecule has 4 rings (SSSR count). The minimum Gasteiger partial charge on any atom is -0.390 e. The zero-order chi connectivity index (χ0) is 14.8. The molecule has 0 saturated heterocycles. The molecular weight excluding hydrogens is 260 g/mol. The average molecular weight is 286 g/mol. The van der Waals surface area contributed by atoms with Gasteiger partial charge in [-0.25, -0.2) is 0 Å². The van der Waals surface area contributed by atoms with Gasteiger partial charge < -0.3 is 5.11 Å². The monoisotopic (exact) mass is 286 g/mol. The van der Waals surface area contributed by atoms with Crippen molar-refractivity contribution in [3.63, 3.8) is 0 Å². The fourth-order valence-electron chi connectivity index (χ4n) is 5.78. The lowest BCUT2D eigenvalue weighted by molar-refractivity contribution is -0.114. The van der Waals surface area contributed by atoms with Crippen LogP contribution in [0.15, 0.2) is 22.8 Å². The number of ketones is 1. The maximum Gasteiger partial charge on any atom is 0.156 e. The van der Waals surface area contributed by atoms with E-state index < -0.39 is 5.60 Å². The van der Waals surface area contributed by atoms with E-state index in [1.165, 1.54) is 24.0 Å². The third kappa shape index (κ3) is 1.78. The highest BCUT2D eigenvalue weighted by atomic mass is 16.3. The molecule has 0 spiro atoms. The Balaban J connectivity index is 1.75. The van der Waals surface area contributed by atoms with E-state index in [0.29, 0.717) is 24.0 Å². The predicted octanol–water partition coefficient (Wildman–Crippen LogP) is 3.94. The van der Waals surface area contributed by atoms with E-state index in [0.717, 1.165) is 32.1 Å². The summed E-state index contributed by atoms with van der Waals surface area (Å²) in [7, 11) is 0. The molecule has 0 aliphatic heterocycles. The molecule has 2 saturated carbocycles. The zero-order valence-electron chi connectivity index (χ0n) is 13.2. The molecule has 4 aliphatic carbocycles. The molecule has 0 radical (unpaired) electrons. The minimum atomic E-state index is -0.494. The first-order valence-corrected chi connectivity index (χ1v) is 8.60. The van der Waals surface area contributed by atoms with Gasteiger partial charge in [0.05, 0.1) is 5.60 Å². The highest BCUT2D eigenvalue weighted by Gasteiger charge is 2.58. The molecule has 0 heterocycles. The van der Waals surface area contributed by atoms with Gasteiger partial charge in [-0.05, 0) is 86.3 Å². The summed E-state index contributed by atoms with van der Waals surface area (Å²) in [5, 5.41) is 10.8. The summed E-state index contributed by atoms with van der Waals surface area (Å²) in [6, 6.07) is 0. The van der Waals surface area contributed by atoms with Crippen LogP contribution in [-0.2, 0) is 4.79 Å². The Morgan fingerprint density at radius 3 is 2.71 bits per heavy atom. The van der Waals surface area contributed by atoms with Crippen LogP contribution < -0.4 is 0 Å². The van der Waals surface area contributed by atoms with Gasteiger partial charge in [0.15, 0.2) is 5.78 Å². The van der Waals surface area contributed by atoms with Crippen LogP contribution in [0.25, 0.3) is 0 Å². The van der Waals surface area contributed by atoms with Gasteiger partial charge in [-0.2, -0.15) is 0 Å². The molecule has 1 N–H and O–H groups in total. The largest absolute Gasteiger partial charge is 0.390 e. The molecule has 0 aromatic rings. The molecule has 0 aromatic heterocycles. The molecule has 4 aliphatic rings. The van der Waals surface area contributed by atoms with E-state index in [-0.39, 0.29) is 5.41 Å². The second-order valence-corrected chi connectivity index (χ2v) is 8.12. The summed E-state index contributed by atoms with van der Waals surface area (Å²) >= 11 is 0. The van der Waals surface area contributed by atoms with Crippen molar-refractivity contribution in [2.24, 2.45) is 17.3 Å². The number of fused-ring (bicyclic) bond motifs is 4. The molecular formula is C19H26O2. The second-order valence-electron chi connectivity index (χ2n) is 8.12. The number of carbonyl (C=O) groups excluding carboxylic acids is 1. The molecule has 0 amide bonds. The molecule has 2 nitrogen and oxygen atoms in total. The molecule has 4 atom stereocenters. The molecule has 2 heteroatoms. The molecule has 114 valence electrons. The fraction of sp³-hybridized carbons (Fsp3) is 0.737. The molecule has 0 aromatic carbocycles. The van der Waals surface area contributed by atoms with E-state index in [1.807, 2.05) is 6.08 Å². The van der Waals surface area contributed by atoms with Crippen molar-refractivity contribution in [2.75, 3.05) is 0 Å². The Kier molecular flexibility index (Phi) is 2.83. The summed E-state index contributed by atoms with van der Waals surface area (Å²) in [6.45, 7) is 4.38. The Bertz CT molecular complexity index is 566. The highest BCUT2D eigenvalue weighted by Crippen LogP contribution is 2.63. The van der Waals surface area contributed by atoms with Crippen molar-refractivity contribution in [1.82, 2.24) is 0 Å². The van der Waals surface area contributed by atoms with Gasteiger partial charge in [0.25, 0.3) is 0 Å². The summed E-state index contributed by atoms with van der Waals surface area (Å²) < 4.78 is 0. The third-order valence-electron chi connectivity index (χ3n) is 7.29. The highest BCUT2D eigenvalue weighted by molar-refractivity contribution is 5.93. The van der Waals surface area contributed by atoms with E-state index in [9.17, 15) is 9.90 Å².